The van der Waals surface area contributed by atoms with Gasteiger partial charge in [0.05, 0.1) is 11.7 Å². The molecule has 1 aromatic heterocycles. The van der Waals surface area contributed by atoms with E-state index in [9.17, 15) is 14.8 Å². The maximum absolute atomic E-state index is 13.2. The fourth-order valence-electron chi connectivity index (χ4n) is 3.74. The second-order valence-electron chi connectivity index (χ2n) is 10.2. The number of piperidine rings is 1. The van der Waals surface area contributed by atoms with Gasteiger partial charge in [-0.05, 0) is 59.3 Å². The molecular weight excluding hydrogens is 395 g/mol. The summed E-state index contributed by atoms with van der Waals surface area (Å²) < 4.78 is 11.9. The highest BCUT2D eigenvalue weighted by atomic mass is 16.6. The molecule has 0 amide bonds. The Kier molecular flexibility index (Phi) is 8.17. The van der Waals surface area contributed by atoms with E-state index < -0.39 is 24.8 Å². The molecule has 1 fully saturated rings. The van der Waals surface area contributed by atoms with Crippen molar-refractivity contribution in [3.8, 4) is 0 Å². The molecule has 0 aromatic carbocycles. The molecule has 1 unspecified atom stereocenters. The van der Waals surface area contributed by atoms with Crippen LogP contribution in [0.1, 0.15) is 85.1 Å². The van der Waals surface area contributed by atoms with E-state index in [-0.39, 0.29) is 17.0 Å². The molecule has 1 aliphatic rings. The second kappa shape index (κ2) is 9.88. The van der Waals surface area contributed by atoms with Crippen molar-refractivity contribution in [2.75, 3.05) is 18.0 Å². The monoisotopic (exact) mass is 434 g/mol. The topological polar surface area (TPSA) is 92.1 Å². The van der Waals surface area contributed by atoms with E-state index in [4.69, 9.17) is 9.47 Å². The Morgan fingerprint density at radius 3 is 2.35 bits per heavy atom. The minimum Gasteiger partial charge on any atom is -0.461 e. The summed E-state index contributed by atoms with van der Waals surface area (Å²) in [6, 6.07) is 0. The lowest BCUT2D eigenvalue weighted by atomic mass is 9.76. The molecule has 0 bridgehead atoms. The van der Waals surface area contributed by atoms with E-state index in [0.29, 0.717) is 23.4 Å². The predicted octanol–water partition coefficient (Wildman–Crippen LogP) is 2.89. The average molecular weight is 434 g/mol. The zero-order valence-corrected chi connectivity index (χ0v) is 20.4. The number of esters is 1. The van der Waals surface area contributed by atoms with Gasteiger partial charge in [0.25, 0.3) is 0 Å². The minimum atomic E-state index is -1.71. The number of ether oxygens (including phenoxy) is 2. The maximum Gasteiger partial charge on any atom is 0.492 e. The highest BCUT2D eigenvalue weighted by molar-refractivity contribution is 6.60. The third kappa shape index (κ3) is 6.43. The number of hydrogen-bond acceptors (Lipinski definition) is 7. The van der Waals surface area contributed by atoms with Crippen LogP contribution in [0.2, 0.25) is 0 Å². The average Bonchev–Trinajstić information content (AvgIpc) is 2.65. The van der Waals surface area contributed by atoms with Gasteiger partial charge < -0.3 is 24.4 Å². The van der Waals surface area contributed by atoms with Crippen molar-refractivity contribution < 1.29 is 24.3 Å². The van der Waals surface area contributed by atoms with Gasteiger partial charge in [-0.1, -0.05) is 20.8 Å². The van der Waals surface area contributed by atoms with Crippen LogP contribution < -0.4 is 10.4 Å². The molecular formula is C23H39BN2O5. The number of nitrogens with zero attached hydrogens (tertiary/aromatic N) is 2. The fourth-order valence-corrected chi connectivity index (χ4v) is 3.74. The van der Waals surface area contributed by atoms with Crippen molar-refractivity contribution in [1.29, 1.82) is 0 Å². The van der Waals surface area contributed by atoms with Gasteiger partial charge in [0, 0.05) is 41.7 Å². The number of anilines is 1. The number of aromatic nitrogens is 1. The third-order valence-corrected chi connectivity index (χ3v) is 6.14. The Bertz CT molecular complexity index is 769. The van der Waals surface area contributed by atoms with Crippen LogP contribution >= 0.6 is 0 Å². The van der Waals surface area contributed by atoms with Gasteiger partial charge in [-0.2, -0.15) is 0 Å². The molecule has 1 atom stereocenters. The van der Waals surface area contributed by atoms with Gasteiger partial charge in [0.1, 0.15) is 0 Å². The summed E-state index contributed by atoms with van der Waals surface area (Å²) in [6.07, 6.45) is 2.76. The van der Waals surface area contributed by atoms with E-state index in [2.05, 4.69) is 23.7 Å². The van der Waals surface area contributed by atoms with E-state index in [1.807, 2.05) is 27.7 Å². The SMILES string of the molecule is CCC(C)(C)OC(C(=O)OC(C)C)c1c(C)ncc(B(O)O)c1N1CCC(C)(C)CC1. The number of rotatable bonds is 8. The van der Waals surface area contributed by atoms with Crippen LogP contribution in [0.3, 0.4) is 0 Å². The molecule has 174 valence electrons. The first-order valence-corrected chi connectivity index (χ1v) is 11.3. The van der Waals surface area contributed by atoms with Gasteiger partial charge in [-0.3, -0.25) is 4.98 Å². The Labute approximate surface area is 187 Å². The lowest BCUT2D eigenvalue weighted by Gasteiger charge is -2.41. The van der Waals surface area contributed by atoms with Crippen molar-refractivity contribution in [1.82, 2.24) is 4.98 Å². The number of aryl methyl sites for hydroxylation is 1. The standard InChI is InChI=1S/C23H39BN2O5/c1-9-23(7,8)31-20(21(27)30-15(2)3)18-16(4)25-14-17(24(28)29)19(18)26-12-10-22(5,6)11-13-26/h14-15,20,28-29H,9-13H2,1-8H3. The van der Waals surface area contributed by atoms with Crippen LogP contribution in [-0.2, 0) is 14.3 Å². The minimum absolute atomic E-state index is 0.216. The summed E-state index contributed by atoms with van der Waals surface area (Å²) in [5, 5.41) is 20.3. The predicted molar refractivity (Wildman–Crippen MR) is 123 cm³/mol. The van der Waals surface area contributed by atoms with Crippen LogP contribution in [0, 0.1) is 12.3 Å². The van der Waals surface area contributed by atoms with E-state index in [1.54, 1.807) is 13.8 Å². The lowest BCUT2D eigenvalue weighted by Crippen LogP contribution is -2.45. The normalized spacial score (nSPS) is 17.6. The molecule has 1 aromatic rings. The van der Waals surface area contributed by atoms with E-state index >= 15 is 0 Å². The van der Waals surface area contributed by atoms with Crippen molar-refractivity contribution in [2.24, 2.45) is 5.41 Å². The molecule has 7 nitrogen and oxygen atoms in total. The molecule has 1 aliphatic heterocycles. The molecule has 0 aliphatic carbocycles. The number of carbonyl (C=O) groups is 1. The number of carbonyl (C=O) groups excluding carboxylic acids is 1. The van der Waals surface area contributed by atoms with Crippen LogP contribution in [0.5, 0.6) is 0 Å². The maximum atomic E-state index is 13.2. The zero-order valence-electron chi connectivity index (χ0n) is 20.4. The third-order valence-electron chi connectivity index (χ3n) is 6.14. The molecule has 31 heavy (non-hydrogen) atoms. The first-order chi connectivity index (χ1) is 14.3. The van der Waals surface area contributed by atoms with Crippen LogP contribution in [0.25, 0.3) is 0 Å². The molecule has 0 saturated carbocycles. The first kappa shape index (κ1) is 25.6. The highest BCUT2D eigenvalue weighted by Crippen LogP contribution is 2.38. The highest BCUT2D eigenvalue weighted by Gasteiger charge is 2.38. The summed E-state index contributed by atoms with van der Waals surface area (Å²) in [4.78, 5) is 19.7. The second-order valence-corrected chi connectivity index (χ2v) is 10.2. The lowest BCUT2D eigenvalue weighted by molar-refractivity contribution is -0.172. The van der Waals surface area contributed by atoms with Crippen molar-refractivity contribution in [3.05, 3.63) is 17.5 Å². The van der Waals surface area contributed by atoms with Gasteiger partial charge in [-0.15, -0.1) is 0 Å². The smallest absolute Gasteiger partial charge is 0.461 e. The molecule has 2 heterocycles. The number of pyridine rings is 1. The van der Waals surface area contributed by atoms with Crippen molar-refractivity contribution in [2.45, 2.75) is 92.5 Å². The zero-order chi connectivity index (χ0) is 23.6. The quantitative estimate of drug-likeness (QED) is 0.480. The molecule has 8 heteroatoms. The summed E-state index contributed by atoms with van der Waals surface area (Å²) in [5.41, 5.74) is 1.70. The van der Waals surface area contributed by atoms with Crippen molar-refractivity contribution in [3.63, 3.8) is 0 Å². The molecule has 0 radical (unpaired) electrons. The van der Waals surface area contributed by atoms with Crippen molar-refractivity contribution >= 4 is 24.2 Å². The molecule has 2 rings (SSSR count). The Morgan fingerprint density at radius 1 is 1.29 bits per heavy atom. The largest absolute Gasteiger partial charge is 0.492 e. The number of hydrogen-bond donors (Lipinski definition) is 2. The Morgan fingerprint density at radius 2 is 1.87 bits per heavy atom. The molecule has 2 N–H and O–H groups in total. The van der Waals surface area contributed by atoms with Gasteiger partial charge >= 0.3 is 13.1 Å². The van der Waals surface area contributed by atoms with Crippen LogP contribution in [0.4, 0.5) is 5.69 Å². The Balaban J connectivity index is 2.66. The van der Waals surface area contributed by atoms with E-state index in [0.717, 1.165) is 25.9 Å². The molecule has 0 spiro atoms. The Hall–Kier alpha value is -1.64. The van der Waals surface area contributed by atoms with Crippen LogP contribution in [-0.4, -0.2) is 52.9 Å². The summed E-state index contributed by atoms with van der Waals surface area (Å²) in [7, 11) is -1.71. The fraction of sp³-hybridized carbons (Fsp3) is 0.739. The first-order valence-electron chi connectivity index (χ1n) is 11.3. The van der Waals surface area contributed by atoms with Crippen LogP contribution in [0.15, 0.2) is 6.20 Å². The van der Waals surface area contributed by atoms with Gasteiger partial charge in [0.15, 0.2) is 6.10 Å². The summed E-state index contributed by atoms with van der Waals surface area (Å²) in [5.74, 6) is -0.496. The summed E-state index contributed by atoms with van der Waals surface area (Å²) >= 11 is 0. The van der Waals surface area contributed by atoms with Gasteiger partial charge in [0.2, 0.25) is 0 Å². The van der Waals surface area contributed by atoms with Gasteiger partial charge in [-0.25, -0.2) is 4.79 Å². The molecule has 1 saturated heterocycles. The van der Waals surface area contributed by atoms with E-state index in [1.165, 1.54) is 6.20 Å². The summed E-state index contributed by atoms with van der Waals surface area (Å²) in [6.45, 7) is 17.2.